The molecule has 0 unspecified atom stereocenters. The van der Waals surface area contributed by atoms with Gasteiger partial charge in [-0.1, -0.05) is 6.07 Å². The summed E-state index contributed by atoms with van der Waals surface area (Å²) in [6.07, 6.45) is 2.99. The van der Waals surface area contributed by atoms with Crippen LogP contribution in [0.2, 0.25) is 0 Å². The summed E-state index contributed by atoms with van der Waals surface area (Å²) < 4.78 is 1.59. The summed E-state index contributed by atoms with van der Waals surface area (Å²) in [5.41, 5.74) is 5.31. The van der Waals surface area contributed by atoms with Crippen molar-refractivity contribution in [1.82, 2.24) is 19.7 Å². The Hall–Kier alpha value is -2.24. The Morgan fingerprint density at radius 3 is 2.64 bits per heavy atom. The topological polar surface area (TPSA) is 86.7 Å². The minimum atomic E-state index is -0.556. The van der Waals surface area contributed by atoms with E-state index >= 15 is 0 Å². The molecule has 0 saturated heterocycles. The van der Waals surface area contributed by atoms with Gasteiger partial charge in [0, 0.05) is 0 Å². The molecule has 70 valence electrons. The van der Waals surface area contributed by atoms with Crippen LogP contribution < -0.4 is 5.73 Å². The maximum atomic E-state index is 10.8. The molecule has 6 nitrogen and oxygen atoms in total. The molecule has 0 radical (unpaired) electrons. The number of rotatable bonds is 2. The molecule has 6 heteroatoms. The van der Waals surface area contributed by atoms with Crippen molar-refractivity contribution in [3.63, 3.8) is 0 Å². The molecule has 2 rings (SSSR count). The molecule has 2 aromatic rings. The Kier molecular flexibility index (Phi) is 1.94. The first kappa shape index (κ1) is 8.36. The summed E-state index contributed by atoms with van der Waals surface area (Å²) in [6, 6.07) is 4.98. The highest BCUT2D eigenvalue weighted by Gasteiger charge is 2.03. The van der Waals surface area contributed by atoms with Gasteiger partial charge in [-0.15, -0.1) is 10.2 Å². The predicted molar refractivity (Wildman–Crippen MR) is 47.7 cm³/mol. The van der Waals surface area contributed by atoms with E-state index in [1.807, 2.05) is 0 Å². The summed E-state index contributed by atoms with van der Waals surface area (Å²) >= 11 is 0. The van der Waals surface area contributed by atoms with Gasteiger partial charge in [-0.3, -0.25) is 9.36 Å². The standard InChI is InChI=1S/C8H7N5O/c9-8(14)6-2-1-3-7(12-6)13-4-10-11-5-13/h1-5H,(H2,9,14). The van der Waals surface area contributed by atoms with Crippen molar-refractivity contribution in [2.75, 3.05) is 0 Å². The van der Waals surface area contributed by atoms with Gasteiger partial charge in [0.05, 0.1) is 0 Å². The molecule has 2 heterocycles. The van der Waals surface area contributed by atoms with Crippen molar-refractivity contribution in [3.05, 3.63) is 36.5 Å². The van der Waals surface area contributed by atoms with E-state index in [1.54, 1.807) is 22.8 Å². The number of nitrogens with zero attached hydrogens (tertiary/aromatic N) is 4. The fourth-order valence-electron chi connectivity index (χ4n) is 1.02. The zero-order valence-corrected chi connectivity index (χ0v) is 7.16. The SMILES string of the molecule is NC(=O)c1cccc(-n2cnnc2)n1. The van der Waals surface area contributed by atoms with Crippen LogP contribution in [0.3, 0.4) is 0 Å². The Morgan fingerprint density at radius 2 is 2.00 bits per heavy atom. The quantitative estimate of drug-likeness (QED) is 0.706. The lowest BCUT2D eigenvalue weighted by Crippen LogP contribution is -2.13. The van der Waals surface area contributed by atoms with Crippen LogP contribution in [0.25, 0.3) is 5.82 Å². The lowest BCUT2D eigenvalue weighted by atomic mass is 10.3. The summed E-state index contributed by atoms with van der Waals surface area (Å²) in [7, 11) is 0. The largest absolute Gasteiger partial charge is 0.364 e. The van der Waals surface area contributed by atoms with Crippen LogP contribution in [0, 0.1) is 0 Å². The Morgan fingerprint density at radius 1 is 1.29 bits per heavy atom. The third-order valence-corrected chi connectivity index (χ3v) is 1.67. The number of nitrogens with two attached hydrogens (primary N) is 1. The molecule has 0 aliphatic rings. The van der Waals surface area contributed by atoms with Gasteiger partial charge in [-0.2, -0.15) is 0 Å². The molecular formula is C8H7N5O. The van der Waals surface area contributed by atoms with Gasteiger partial charge < -0.3 is 5.73 Å². The average Bonchev–Trinajstić information content (AvgIpc) is 2.71. The van der Waals surface area contributed by atoms with Crippen molar-refractivity contribution in [1.29, 1.82) is 0 Å². The first-order valence-electron chi connectivity index (χ1n) is 3.89. The van der Waals surface area contributed by atoms with E-state index in [0.29, 0.717) is 5.82 Å². The predicted octanol–water partition coefficient (Wildman–Crippen LogP) is -0.239. The number of hydrogen-bond donors (Lipinski definition) is 1. The molecule has 0 spiro atoms. The second kappa shape index (κ2) is 3.25. The number of carbonyl (C=O) groups is 1. The summed E-state index contributed by atoms with van der Waals surface area (Å²) in [6.45, 7) is 0. The molecular weight excluding hydrogens is 182 g/mol. The van der Waals surface area contributed by atoms with E-state index in [2.05, 4.69) is 15.2 Å². The van der Waals surface area contributed by atoms with Gasteiger partial charge in [0.2, 0.25) is 0 Å². The number of pyridine rings is 1. The van der Waals surface area contributed by atoms with Crippen molar-refractivity contribution in [2.24, 2.45) is 5.73 Å². The zero-order valence-electron chi connectivity index (χ0n) is 7.16. The highest BCUT2D eigenvalue weighted by molar-refractivity contribution is 5.90. The van der Waals surface area contributed by atoms with Gasteiger partial charge in [-0.25, -0.2) is 4.98 Å². The molecule has 2 N–H and O–H groups in total. The number of aromatic nitrogens is 4. The summed E-state index contributed by atoms with van der Waals surface area (Å²) in [5, 5.41) is 7.26. The second-order valence-corrected chi connectivity index (χ2v) is 2.61. The van der Waals surface area contributed by atoms with Gasteiger partial charge in [0.25, 0.3) is 5.91 Å². The van der Waals surface area contributed by atoms with Crippen LogP contribution >= 0.6 is 0 Å². The van der Waals surface area contributed by atoms with E-state index in [0.717, 1.165) is 0 Å². The summed E-state index contributed by atoms with van der Waals surface area (Å²) in [4.78, 5) is 14.9. The van der Waals surface area contributed by atoms with E-state index in [4.69, 9.17) is 5.73 Å². The number of amides is 1. The normalized spacial score (nSPS) is 10.0. The third kappa shape index (κ3) is 1.45. The van der Waals surface area contributed by atoms with Crippen molar-refractivity contribution in [3.8, 4) is 5.82 Å². The molecule has 0 aromatic carbocycles. The molecule has 14 heavy (non-hydrogen) atoms. The molecule has 0 fully saturated rings. The number of primary amides is 1. The van der Waals surface area contributed by atoms with E-state index < -0.39 is 5.91 Å². The van der Waals surface area contributed by atoms with Crippen LogP contribution in [-0.2, 0) is 0 Å². The van der Waals surface area contributed by atoms with Gasteiger partial charge in [0.1, 0.15) is 24.2 Å². The fraction of sp³-hybridized carbons (Fsp3) is 0. The van der Waals surface area contributed by atoms with Crippen LogP contribution in [0.1, 0.15) is 10.5 Å². The molecule has 0 aliphatic carbocycles. The van der Waals surface area contributed by atoms with Gasteiger partial charge in [-0.05, 0) is 12.1 Å². The average molecular weight is 189 g/mol. The molecule has 0 aliphatic heterocycles. The minimum absolute atomic E-state index is 0.219. The monoisotopic (exact) mass is 189 g/mol. The van der Waals surface area contributed by atoms with Crippen LogP contribution in [-0.4, -0.2) is 25.7 Å². The van der Waals surface area contributed by atoms with E-state index in [9.17, 15) is 4.79 Å². The minimum Gasteiger partial charge on any atom is -0.364 e. The molecule has 2 aromatic heterocycles. The van der Waals surface area contributed by atoms with Gasteiger partial charge in [0.15, 0.2) is 0 Å². The smallest absolute Gasteiger partial charge is 0.267 e. The Bertz CT molecular complexity index is 451. The maximum Gasteiger partial charge on any atom is 0.267 e. The Balaban J connectivity index is 2.46. The second-order valence-electron chi connectivity index (χ2n) is 2.61. The molecule has 1 amide bonds. The lowest BCUT2D eigenvalue weighted by Gasteiger charge is -2.00. The van der Waals surface area contributed by atoms with Crippen molar-refractivity contribution in [2.45, 2.75) is 0 Å². The maximum absolute atomic E-state index is 10.8. The van der Waals surface area contributed by atoms with Crippen LogP contribution in [0.4, 0.5) is 0 Å². The first-order valence-corrected chi connectivity index (χ1v) is 3.89. The molecule has 0 bridgehead atoms. The highest BCUT2D eigenvalue weighted by Crippen LogP contribution is 2.03. The third-order valence-electron chi connectivity index (χ3n) is 1.67. The number of hydrogen-bond acceptors (Lipinski definition) is 4. The molecule has 0 saturated carbocycles. The number of carbonyl (C=O) groups excluding carboxylic acids is 1. The van der Waals surface area contributed by atoms with Gasteiger partial charge >= 0.3 is 0 Å². The fourth-order valence-corrected chi connectivity index (χ4v) is 1.02. The zero-order chi connectivity index (χ0) is 9.97. The van der Waals surface area contributed by atoms with Crippen molar-refractivity contribution >= 4 is 5.91 Å². The van der Waals surface area contributed by atoms with Crippen LogP contribution in [0.15, 0.2) is 30.9 Å². The molecule has 0 atom stereocenters. The Labute approximate surface area is 79.4 Å². The summed E-state index contributed by atoms with van der Waals surface area (Å²) in [5.74, 6) is 0.00576. The highest BCUT2D eigenvalue weighted by atomic mass is 16.1. The van der Waals surface area contributed by atoms with Crippen LogP contribution in [0.5, 0.6) is 0 Å². The van der Waals surface area contributed by atoms with E-state index in [1.165, 1.54) is 12.7 Å². The lowest BCUT2D eigenvalue weighted by molar-refractivity contribution is 0.0995. The van der Waals surface area contributed by atoms with E-state index in [-0.39, 0.29) is 5.69 Å². The van der Waals surface area contributed by atoms with Crippen molar-refractivity contribution < 1.29 is 4.79 Å². The first-order chi connectivity index (χ1) is 6.77.